The second kappa shape index (κ2) is 28.0. The van der Waals surface area contributed by atoms with Crippen molar-refractivity contribution >= 4 is 32.7 Å². The topological polar surface area (TPSA) is 566 Å². The van der Waals surface area contributed by atoms with Crippen LogP contribution in [0.5, 0.6) is 0 Å². The van der Waals surface area contributed by atoms with Crippen molar-refractivity contribution in [3.8, 4) is 0 Å². The summed E-state index contributed by atoms with van der Waals surface area (Å²) >= 11 is 0. The Bertz CT molecular complexity index is 2280. The number of carbonyl (C=O) groups is 2. The molecule has 6 rings (SSSR count). The molecular formula is C42H68O36S2. The Morgan fingerprint density at radius 1 is 0.487 bits per heavy atom. The van der Waals surface area contributed by atoms with E-state index in [0.717, 1.165) is 0 Å². The fourth-order valence-electron chi connectivity index (χ4n) is 9.97. The Balaban J connectivity index is 1.16. The highest BCUT2D eigenvalue weighted by Gasteiger charge is 2.54. The quantitative estimate of drug-likeness (QED) is 0.0399. The van der Waals surface area contributed by atoms with E-state index < -0.39 is 262 Å². The Morgan fingerprint density at radius 3 is 1.41 bits per heavy atom. The first-order valence-electron chi connectivity index (χ1n) is 24.6. The summed E-state index contributed by atoms with van der Waals surface area (Å²) in [6, 6.07) is 0. The van der Waals surface area contributed by atoms with Gasteiger partial charge in [-0.05, 0) is 19.9 Å². The summed E-state index contributed by atoms with van der Waals surface area (Å²) in [5, 5.41) is 160. The highest BCUT2D eigenvalue weighted by atomic mass is 32.3. The molecule has 28 atom stereocenters. The summed E-state index contributed by atoms with van der Waals surface area (Å²) in [5.74, 6) is -11.5. The molecule has 18 unspecified atom stereocenters. The van der Waals surface area contributed by atoms with Gasteiger partial charge in [-0.1, -0.05) is 0 Å². The summed E-state index contributed by atoms with van der Waals surface area (Å²) < 4.78 is 135. The molecule has 0 aliphatic carbocycles. The van der Waals surface area contributed by atoms with Crippen LogP contribution in [0.2, 0.25) is 0 Å². The van der Waals surface area contributed by atoms with Crippen LogP contribution in [0.1, 0.15) is 13.8 Å². The van der Waals surface area contributed by atoms with Crippen molar-refractivity contribution in [3.63, 3.8) is 0 Å². The van der Waals surface area contributed by atoms with Crippen LogP contribution < -0.4 is 0 Å². The van der Waals surface area contributed by atoms with Gasteiger partial charge in [0.15, 0.2) is 31.3 Å². The van der Waals surface area contributed by atoms with Crippen LogP contribution in [0.4, 0.5) is 0 Å². The molecule has 0 aromatic carbocycles. The van der Waals surface area contributed by atoms with Crippen LogP contribution in [0.25, 0.3) is 0 Å². The highest BCUT2D eigenvalue weighted by Crippen LogP contribution is 2.38. The zero-order chi connectivity index (χ0) is 59.5. The molecule has 464 valence electrons. The standard InChI is InChI=1S/C42H68O36S2/c1-12-24(46)34(77-79(60,61)62)31(53)41(71-12)68-8-15-14(7-67-39-29(51)19(45)3-20(75-39)36(55)56)23(73-21(4-43)26(15)48)11-66-6-18-28(50)30(52)40(76-33(18)37(57)58)70-10-17-16(27(49)22(5-44)74-38(17)59)9-69-42-32(54)35(78-80(63,64)65)25(47)13(2)72-42/h3,12-19,21-35,38-54,59H,4-11H2,1-2H3,(H,55,56)(H,57,58)(H,60,61,62)(H,63,64,65)/t12?,13?,14?,15?,16?,17?,18-,19?,21?,22?,23+,24+,25+,26-,27-,28?,29?,30?,31?,32?,33?,34?,35?,38?,39-,40-,41-,42-/m1/s1. The summed E-state index contributed by atoms with van der Waals surface area (Å²) in [5.41, 5.74) is 0. The van der Waals surface area contributed by atoms with Crippen LogP contribution >= 0.6 is 0 Å². The first-order valence-corrected chi connectivity index (χ1v) is 27.3. The lowest BCUT2D eigenvalue weighted by molar-refractivity contribution is -0.322. The summed E-state index contributed by atoms with van der Waals surface area (Å²) in [6.07, 6.45) is -41.5. The molecule has 0 aromatic heterocycles. The third-order valence-corrected chi connectivity index (χ3v) is 15.4. The second-order valence-electron chi connectivity index (χ2n) is 19.7. The molecule has 36 nitrogen and oxygen atoms in total. The first-order chi connectivity index (χ1) is 37.4. The molecular weight excluding hydrogens is 1140 g/mol. The SMILES string of the molecule is CC1O[C@@H](OCC2C(CO[C@@H]3OC(C(=O)O)[C@H](COC[C@@H]4OC(CO)[C@H](O)C(CO[C@@H]5OC(C)[C@H](O)C(OS(=O)(=O)O)C5O)C4CO[C@@H]4OC(C(=O)O)=CC(O)C4O)C(O)C3O)C(O)OC(CO)[C@@H]2O)C(O)C(OS(=O)(=O)O)[C@H]1O. The third kappa shape index (κ3) is 16.0. The molecule has 6 heterocycles. The van der Waals surface area contributed by atoms with Crippen molar-refractivity contribution < 1.29 is 173 Å². The molecule has 6 aliphatic rings. The Labute approximate surface area is 453 Å². The second-order valence-corrected chi connectivity index (χ2v) is 21.8. The number of rotatable bonds is 24. The van der Waals surface area contributed by atoms with Crippen molar-refractivity contribution in [2.24, 2.45) is 29.6 Å². The van der Waals surface area contributed by atoms with Gasteiger partial charge in [-0.2, -0.15) is 16.8 Å². The van der Waals surface area contributed by atoms with Crippen molar-refractivity contribution in [2.75, 3.05) is 52.9 Å². The number of aliphatic hydroxyl groups excluding tert-OH is 13. The average Bonchev–Trinajstić information content (AvgIpc) is 3.42. The molecule has 38 heteroatoms. The van der Waals surface area contributed by atoms with Crippen LogP contribution in [-0.2, 0) is 90.9 Å². The van der Waals surface area contributed by atoms with Gasteiger partial charge in [-0.15, -0.1) is 0 Å². The summed E-state index contributed by atoms with van der Waals surface area (Å²) in [4.78, 5) is 24.4. The number of aliphatic carboxylic acids is 2. The van der Waals surface area contributed by atoms with E-state index in [1.807, 2.05) is 0 Å². The van der Waals surface area contributed by atoms with E-state index in [4.69, 9.17) is 52.1 Å². The number of carboxylic acid groups (broad SMARTS) is 2. The van der Waals surface area contributed by atoms with Crippen LogP contribution in [0.15, 0.2) is 11.8 Å². The molecule has 80 heavy (non-hydrogen) atoms. The van der Waals surface area contributed by atoms with E-state index in [-0.39, 0.29) is 0 Å². The predicted octanol–water partition coefficient (Wildman–Crippen LogP) is -9.77. The number of carboxylic acids is 2. The Morgan fingerprint density at radius 2 is 0.938 bits per heavy atom. The zero-order valence-electron chi connectivity index (χ0n) is 42.1. The monoisotopic (exact) mass is 1210 g/mol. The lowest BCUT2D eigenvalue weighted by Crippen LogP contribution is -2.61. The van der Waals surface area contributed by atoms with Gasteiger partial charge in [0.25, 0.3) is 0 Å². The predicted molar refractivity (Wildman–Crippen MR) is 244 cm³/mol. The van der Waals surface area contributed by atoms with Gasteiger partial charge >= 0.3 is 32.7 Å². The molecule has 0 radical (unpaired) electrons. The van der Waals surface area contributed by atoms with E-state index in [1.54, 1.807) is 0 Å². The maximum atomic E-state index is 12.7. The smallest absolute Gasteiger partial charge is 0.397 e. The zero-order valence-corrected chi connectivity index (χ0v) is 43.7. The van der Waals surface area contributed by atoms with Gasteiger partial charge in [0.2, 0.25) is 12.0 Å². The van der Waals surface area contributed by atoms with Crippen molar-refractivity contribution in [1.82, 2.24) is 0 Å². The van der Waals surface area contributed by atoms with E-state index in [0.29, 0.717) is 6.08 Å². The Kier molecular flexibility index (Phi) is 23.3. The van der Waals surface area contributed by atoms with Crippen molar-refractivity contribution in [2.45, 2.75) is 155 Å². The fourth-order valence-corrected chi connectivity index (χ4v) is 11.0. The van der Waals surface area contributed by atoms with Gasteiger partial charge in [-0.3, -0.25) is 9.11 Å². The lowest BCUT2D eigenvalue weighted by atomic mass is 9.79. The summed E-state index contributed by atoms with van der Waals surface area (Å²) in [6.45, 7) is -3.86. The highest BCUT2D eigenvalue weighted by molar-refractivity contribution is 7.81. The molecule has 5 saturated heterocycles. The molecule has 6 aliphatic heterocycles. The van der Waals surface area contributed by atoms with Crippen LogP contribution in [0.3, 0.4) is 0 Å². The number of hydrogen-bond acceptors (Lipinski definition) is 32. The minimum Gasteiger partial charge on any atom is -0.479 e. The van der Waals surface area contributed by atoms with Crippen molar-refractivity contribution in [3.05, 3.63) is 11.8 Å². The van der Waals surface area contributed by atoms with E-state index in [1.165, 1.54) is 13.8 Å². The van der Waals surface area contributed by atoms with E-state index in [2.05, 4.69) is 8.37 Å². The average molecular weight is 1210 g/mol. The molecule has 0 saturated carbocycles. The lowest BCUT2D eigenvalue weighted by Gasteiger charge is -2.46. The molecule has 0 bridgehead atoms. The third-order valence-electron chi connectivity index (χ3n) is 14.4. The number of ether oxygens (including phenoxy) is 11. The van der Waals surface area contributed by atoms with E-state index >= 15 is 0 Å². The van der Waals surface area contributed by atoms with Gasteiger partial charge in [0.1, 0.15) is 67.1 Å². The summed E-state index contributed by atoms with van der Waals surface area (Å²) in [7, 11) is -10.5. The number of hydrogen-bond donors (Lipinski definition) is 17. The van der Waals surface area contributed by atoms with Gasteiger partial charge in [0, 0.05) is 29.6 Å². The van der Waals surface area contributed by atoms with Crippen molar-refractivity contribution in [1.29, 1.82) is 0 Å². The number of aliphatic hydroxyl groups is 13. The minimum atomic E-state index is -5.28. The normalized spacial score (nSPS) is 44.9. The maximum absolute atomic E-state index is 12.7. The Hall–Kier alpha value is -2.70. The molecule has 0 aromatic rings. The molecule has 5 fully saturated rings. The van der Waals surface area contributed by atoms with E-state index in [9.17, 15) is 112 Å². The fraction of sp³-hybridized carbons (Fsp3) is 0.905. The van der Waals surface area contributed by atoms with Crippen LogP contribution in [0, 0.1) is 29.6 Å². The molecule has 0 amide bonds. The first kappa shape index (κ1) is 66.4. The molecule has 17 N–H and O–H groups in total. The molecule has 0 spiro atoms. The van der Waals surface area contributed by atoms with Gasteiger partial charge in [0.05, 0.1) is 89.5 Å². The minimum absolute atomic E-state index is 0.677. The van der Waals surface area contributed by atoms with Gasteiger partial charge < -0.3 is 129 Å². The van der Waals surface area contributed by atoms with Crippen LogP contribution in [-0.4, -0.2) is 309 Å². The largest absolute Gasteiger partial charge is 0.479 e. The maximum Gasteiger partial charge on any atom is 0.397 e. The van der Waals surface area contributed by atoms with Gasteiger partial charge in [-0.25, -0.2) is 18.0 Å².